The van der Waals surface area contributed by atoms with Crippen LogP contribution in [0.15, 0.2) is 0 Å². The SMILES string of the molecule is CC1CC(C)CC(OC(C)C(=O)OC(C)(C)C)C1. The van der Waals surface area contributed by atoms with Gasteiger partial charge in [-0.2, -0.15) is 0 Å². The highest BCUT2D eigenvalue weighted by Gasteiger charge is 2.29. The Labute approximate surface area is 111 Å². The summed E-state index contributed by atoms with van der Waals surface area (Å²) in [4.78, 5) is 11.8. The first-order chi connectivity index (χ1) is 8.17. The Morgan fingerprint density at radius 3 is 2.06 bits per heavy atom. The molecule has 0 aromatic rings. The number of carbonyl (C=O) groups excluding carboxylic acids is 1. The molecule has 3 heteroatoms. The van der Waals surface area contributed by atoms with E-state index in [4.69, 9.17) is 9.47 Å². The van der Waals surface area contributed by atoms with Gasteiger partial charge in [0.05, 0.1) is 6.10 Å². The average Bonchev–Trinajstić information content (AvgIpc) is 2.12. The molecule has 3 atom stereocenters. The van der Waals surface area contributed by atoms with Crippen molar-refractivity contribution in [3.8, 4) is 0 Å². The van der Waals surface area contributed by atoms with Crippen LogP contribution in [0.25, 0.3) is 0 Å². The van der Waals surface area contributed by atoms with Gasteiger partial charge < -0.3 is 9.47 Å². The normalized spacial score (nSPS) is 30.9. The summed E-state index contributed by atoms with van der Waals surface area (Å²) >= 11 is 0. The Hall–Kier alpha value is -0.570. The number of hydrogen-bond acceptors (Lipinski definition) is 3. The van der Waals surface area contributed by atoms with Crippen molar-refractivity contribution < 1.29 is 14.3 Å². The molecule has 1 saturated carbocycles. The first kappa shape index (κ1) is 15.5. The molecular weight excluding hydrogens is 228 g/mol. The lowest BCUT2D eigenvalue weighted by molar-refractivity contribution is -0.172. The molecule has 106 valence electrons. The maximum Gasteiger partial charge on any atom is 0.335 e. The molecule has 1 rings (SSSR count). The third-order valence-electron chi connectivity index (χ3n) is 3.27. The fraction of sp³-hybridized carbons (Fsp3) is 0.933. The van der Waals surface area contributed by atoms with Crippen LogP contribution in [0.4, 0.5) is 0 Å². The minimum absolute atomic E-state index is 0.200. The van der Waals surface area contributed by atoms with E-state index in [0.29, 0.717) is 11.8 Å². The van der Waals surface area contributed by atoms with Crippen LogP contribution in [0.3, 0.4) is 0 Å². The van der Waals surface area contributed by atoms with Crippen molar-refractivity contribution in [1.82, 2.24) is 0 Å². The zero-order valence-electron chi connectivity index (χ0n) is 12.7. The van der Waals surface area contributed by atoms with Crippen LogP contribution in [0.2, 0.25) is 0 Å². The van der Waals surface area contributed by atoms with Gasteiger partial charge in [0.1, 0.15) is 5.60 Å². The maximum atomic E-state index is 11.8. The lowest BCUT2D eigenvalue weighted by Crippen LogP contribution is -2.36. The van der Waals surface area contributed by atoms with Crippen LogP contribution in [-0.2, 0) is 14.3 Å². The molecule has 1 aliphatic carbocycles. The minimum Gasteiger partial charge on any atom is -0.458 e. The van der Waals surface area contributed by atoms with E-state index in [1.807, 2.05) is 20.8 Å². The highest BCUT2D eigenvalue weighted by Crippen LogP contribution is 2.31. The van der Waals surface area contributed by atoms with Gasteiger partial charge in [-0.3, -0.25) is 0 Å². The molecule has 1 fully saturated rings. The predicted octanol–water partition coefficient (Wildman–Crippen LogP) is 3.56. The van der Waals surface area contributed by atoms with Gasteiger partial charge in [-0.25, -0.2) is 4.79 Å². The molecule has 0 aromatic heterocycles. The van der Waals surface area contributed by atoms with Gasteiger partial charge in [-0.15, -0.1) is 0 Å². The zero-order chi connectivity index (χ0) is 13.9. The van der Waals surface area contributed by atoms with Gasteiger partial charge in [0.25, 0.3) is 0 Å². The molecule has 0 heterocycles. The molecule has 0 spiro atoms. The number of ether oxygens (including phenoxy) is 2. The van der Waals surface area contributed by atoms with E-state index in [9.17, 15) is 4.79 Å². The maximum absolute atomic E-state index is 11.8. The number of esters is 1. The third kappa shape index (κ3) is 5.38. The fourth-order valence-corrected chi connectivity index (χ4v) is 2.71. The number of rotatable bonds is 3. The minimum atomic E-state index is -0.466. The Morgan fingerprint density at radius 2 is 1.61 bits per heavy atom. The molecule has 0 N–H and O–H groups in total. The van der Waals surface area contributed by atoms with Crippen molar-refractivity contribution in [1.29, 1.82) is 0 Å². The Balaban J connectivity index is 2.44. The summed E-state index contributed by atoms with van der Waals surface area (Å²) in [6.07, 6.45) is 3.10. The summed E-state index contributed by atoms with van der Waals surface area (Å²) < 4.78 is 11.2. The molecule has 3 nitrogen and oxygen atoms in total. The van der Waals surface area contributed by atoms with Gasteiger partial charge in [0, 0.05) is 0 Å². The summed E-state index contributed by atoms with van der Waals surface area (Å²) in [5.74, 6) is 1.11. The van der Waals surface area contributed by atoms with Crippen molar-refractivity contribution >= 4 is 5.97 Å². The lowest BCUT2D eigenvalue weighted by atomic mass is 9.82. The molecule has 0 aliphatic heterocycles. The van der Waals surface area contributed by atoms with Crippen molar-refractivity contribution in [3.05, 3.63) is 0 Å². The van der Waals surface area contributed by atoms with E-state index in [-0.39, 0.29) is 12.1 Å². The van der Waals surface area contributed by atoms with Crippen LogP contribution < -0.4 is 0 Å². The predicted molar refractivity (Wildman–Crippen MR) is 72.4 cm³/mol. The fourth-order valence-electron chi connectivity index (χ4n) is 2.71. The second-order valence-corrected chi connectivity index (χ2v) is 6.85. The van der Waals surface area contributed by atoms with Crippen molar-refractivity contribution in [2.45, 2.75) is 78.6 Å². The first-order valence-electron chi connectivity index (χ1n) is 7.05. The standard InChI is InChI=1S/C15H28O3/c1-10-7-11(2)9-13(8-10)17-12(3)14(16)18-15(4,5)6/h10-13H,7-9H2,1-6H3. The summed E-state index contributed by atoms with van der Waals surface area (Å²) in [7, 11) is 0. The van der Waals surface area contributed by atoms with E-state index in [0.717, 1.165) is 12.8 Å². The van der Waals surface area contributed by atoms with Crippen LogP contribution in [0.5, 0.6) is 0 Å². The molecule has 0 bridgehead atoms. The molecule has 0 amide bonds. The summed E-state index contributed by atoms with van der Waals surface area (Å²) in [6.45, 7) is 11.9. The topological polar surface area (TPSA) is 35.5 Å². The zero-order valence-corrected chi connectivity index (χ0v) is 12.7. The highest BCUT2D eigenvalue weighted by molar-refractivity contribution is 5.74. The van der Waals surface area contributed by atoms with E-state index >= 15 is 0 Å². The van der Waals surface area contributed by atoms with Crippen molar-refractivity contribution in [3.63, 3.8) is 0 Å². The van der Waals surface area contributed by atoms with Gasteiger partial charge in [-0.05, 0) is 58.8 Å². The van der Waals surface area contributed by atoms with Crippen LogP contribution in [0, 0.1) is 11.8 Å². The average molecular weight is 256 g/mol. The monoisotopic (exact) mass is 256 g/mol. The summed E-state index contributed by atoms with van der Waals surface area (Å²) in [6, 6.07) is 0. The smallest absolute Gasteiger partial charge is 0.335 e. The molecule has 1 aliphatic rings. The van der Waals surface area contributed by atoms with Gasteiger partial charge in [0.15, 0.2) is 6.10 Å². The Kier molecular flexibility index (Phi) is 5.20. The van der Waals surface area contributed by atoms with Gasteiger partial charge in [0.2, 0.25) is 0 Å². The van der Waals surface area contributed by atoms with Crippen LogP contribution in [-0.4, -0.2) is 23.8 Å². The molecule has 3 unspecified atom stereocenters. The largest absolute Gasteiger partial charge is 0.458 e. The van der Waals surface area contributed by atoms with Gasteiger partial charge in [-0.1, -0.05) is 13.8 Å². The quantitative estimate of drug-likeness (QED) is 0.724. The molecule has 0 aromatic carbocycles. The second kappa shape index (κ2) is 6.05. The Morgan fingerprint density at radius 1 is 1.11 bits per heavy atom. The molecule has 0 saturated heterocycles. The van der Waals surface area contributed by atoms with Crippen LogP contribution in [0.1, 0.15) is 60.8 Å². The van der Waals surface area contributed by atoms with E-state index in [1.54, 1.807) is 6.92 Å². The van der Waals surface area contributed by atoms with E-state index < -0.39 is 11.7 Å². The molecule has 0 radical (unpaired) electrons. The second-order valence-electron chi connectivity index (χ2n) is 6.85. The van der Waals surface area contributed by atoms with E-state index in [2.05, 4.69) is 13.8 Å². The Bertz CT molecular complexity index is 270. The van der Waals surface area contributed by atoms with E-state index in [1.165, 1.54) is 6.42 Å². The summed E-state index contributed by atoms with van der Waals surface area (Å²) in [5.41, 5.74) is -0.443. The van der Waals surface area contributed by atoms with Crippen LogP contribution >= 0.6 is 0 Å². The number of hydrogen-bond donors (Lipinski definition) is 0. The molecule has 18 heavy (non-hydrogen) atoms. The first-order valence-corrected chi connectivity index (χ1v) is 7.05. The highest BCUT2D eigenvalue weighted by atomic mass is 16.6. The van der Waals surface area contributed by atoms with Crippen molar-refractivity contribution in [2.75, 3.05) is 0 Å². The number of carbonyl (C=O) groups is 1. The molecular formula is C15H28O3. The van der Waals surface area contributed by atoms with Gasteiger partial charge >= 0.3 is 5.97 Å². The lowest BCUT2D eigenvalue weighted by Gasteiger charge is -2.33. The third-order valence-corrected chi connectivity index (χ3v) is 3.27. The van der Waals surface area contributed by atoms with Crippen molar-refractivity contribution in [2.24, 2.45) is 11.8 Å². The summed E-state index contributed by atoms with van der Waals surface area (Å²) in [5, 5.41) is 0.